The molecule has 2 aromatic carbocycles. The van der Waals surface area contributed by atoms with Crippen molar-refractivity contribution < 1.29 is 9.53 Å². The highest BCUT2D eigenvalue weighted by Gasteiger charge is 2.18. The van der Waals surface area contributed by atoms with Gasteiger partial charge in [0.1, 0.15) is 11.8 Å². The Morgan fingerprint density at radius 3 is 2.40 bits per heavy atom. The smallest absolute Gasteiger partial charge is 0.244 e. The van der Waals surface area contributed by atoms with Crippen molar-refractivity contribution in [1.29, 1.82) is 0 Å². The highest BCUT2D eigenvalue weighted by Crippen LogP contribution is 2.27. The molecule has 0 bridgehead atoms. The average molecular weight is 270 g/mol. The van der Waals surface area contributed by atoms with Gasteiger partial charge in [0.05, 0.1) is 12.8 Å². The zero-order chi connectivity index (χ0) is 14.5. The van der Waals surface area contributed by atoms with Crippen LogP contribution in [-0.4, -0.2) is 13.0 Å². The second kappa shape index (κ2) is 6.10. The first-order valence-corrected chi connectivity index (χ1v) is 6.37. The quantitative estimate of drug-likeness (QED) is 0.877. The van der Waals surface area contributed by atoms with Gasteiger partial charge in [0.25, 0.3) is 0 Å². The van der Waals surface area contributed by atoms with E-state index in [1.54, 1.807) is 7.11 Å². The summed E-state index contributed by atoms with van der Waals surface area (Å²) in [5.74, 6) is 0.241. The van der Waals surface area contributed by atoms with E-state index in [1.165, 1.54) is 0 Å². The summed E-state index contributed by atoms with van der Waals surface area (Å²) < 4.78 is 5.27. The molecule has 4 heteroatoms. The number of rotatable bonds is 5. The molecule has 0 aromatic heterocycles. The van der Waals surface area contributed by atoms with Crippen LogP contribution in [0.5, 0.6) is 5.75 Å². The van der Waals surface area contributed by atoms with Gasteiger partial charge in [-0.2, -0.15) is 0 Å². The van der Waals surface area contributed by atoms with Crippen molar-refractivity contribution in [2.75, 3.05) is 12.4 Å². The van der Waals surface area contributed by atoms with Gasteiger partial charge < -0.3 is 15.8 Å². The van der Waals surface area contributed by atoms with Crippen molar-refractivity contribution in [3.8, 4) is 5.75 Å². The van der Waals surface area contributed by atoms with E-state index < -0.39 is 11.9 Å². The molecule has 1 atom stereocenters. The van der Waals surface area contributed by atoms with E-state index in [0.717, 1.165) is 16.8 Å². The lowest BCUT2D eigenvalue weighted by Gasteiger charge is -2.19. The van der Waals surface area contributed by atoms with Gasteiger partial charge in [-0.05, 0) is 24.6 Å². The van der Waals surface area contributed by atoms with Gasteiger partial charge in [0.2, 0.25) is 5.91 Å². The Hall–Kier alpha value is -2.49. The van der Waals surface area contributed by atoms with Gasteiger partial charge >= 0.3 is 0 Å². The zero-order valence-electron chi connectivity index (χ0n) is 11.6. The van der Waals surface area contributed by atoms with Gasteiger partial charge in [-0.3, -0.25) is 4.79 Å². The van der Waals surface area contributed by atoms with Crippen LogP contribution in [0.2, 0.25) is 0 Å². The Labute approximate surface area is 118 Å². The Morgan fingerprint density at radius 2 is 1.80 bits per heavy atom. The maximum Gasteiger partial charge on any atom is 0.244 e. The van der Waals surface area contributed by atoms with Crippen LogP contribution in [0.25, 0.3) is 0 Å². The van der Waals surface area contributed by atoms with Crippen molar-refractivity contribution in [2.24, 2.45) is 5.73 Å². The van der Waals surface area contributed by atoms with E-state index in [4.69, 9.17) is 10.5 Å². The Bertz CT molecular complexity index is 594. The Kier molecular flexibility index (Phi) is 4.25. The largest absolute Gasteiger partial charge is 0.495 e. The van der Waals surface area contributed by atoms with Gasteiger partial charge in [0.15, 0.2) is 0 Å². The summed E-state index contributed by atoms with van der Waals surface area (Å²) in [6.45, 7) is 2.00. The average Bonchev–Trinajstić information content (AvgIpc) is 2.46. The molecule has 0 saturated carbocycles. The number of anilines is 1. The molecular formula is C16H18N2O2. The number of para-hydroxylation sites is 2. The number of carbonyl (C=O) groups excluding carboxylic acids is 1. The monoisotopic (exact) mass is 270 g/mol. The number of aryl methyl sites for hydroxylation is 1. The van der Waals surface area contributed by atoms with E-state index >= 15 is 0 Å². The summed E-state index contributed by atoms with van der Waals surface area (Å²) in [6.07, 6.45) is 0. The molecule has 0 heterocycles. The SMILES string of the molecule is COc1ccccc1NC(C(N)=O)c1ccc(C)cc1. The third-order valence-corrected chi connectivity index (χ3v) is 3.10. The minimum atomic E-state index is -0.591. The number of methoxy groups -OCH3 is 1. The molecule has 0 aliphatic carbocycles. The minimum absolute atomic E-state index is 0.431. The number of nitrogens with two attached hydrogens (primary N) is 1. The number of carbonyl (C=O) groups is 1. The molecule has 3 N–H and O–H groups in total. The molecule has 2 aromatic rings. The van der Waals surface area contributed by atoms with E-state index in [0.29, 0.717) is 5.75 Å². The van der Waals surface area contributed by atoms with Crippen LogP contribution in [0.3, 0.4) is 0 Å². The molecule has 2 rings (SSSR count). The molecular weight excluding hydrogens is 252 g/mol. The van der Waals surface area contributed by atoms with Crippen LogP contribution in [0.1, 0.15) is 17.2 Å². The molecule has 104 valence electrons. The molecule has 0 aliphatic rings. The first-order valence-electron chi connectivity index (χ1n) is 6.37. The first-order chi connectivity index (χ1) is 9.61. The van der Waals surface area contributed by atoms with Gasteiger partial charge in [-0.15, -0.1) is 0 Å². The van der Waals surface area contributed by atoms with Gasteiger partial charge in [-0.25, -0.2) is 0 Å². The molecule has 0 saturated heterocycles. The number of hydrogen-bond donors (Lipinski definition) is 2. The molecule has 0 fully saturated rings. The van der Waals surface area contributed by atoms with Crippen molar-refractivity contribution in [3.05, 3.63) is 59.7 Å². The second-order valence-electron chi connectivity index (χ2n) is 4.59. The van der Waals surface area contributed by atoms with Gasteiger partial charge in [0, 0.05) is 0 Å². The third-order valence-electron chi connectivity index (χ3n) is 3.10. The Morgan fingerprint density at radius 1 is 1.15 bits per heavy atom. The maximum atomic E-state index is 11.7. The van der Waals surface area contributed by atoms with E-state index in [2.05, 4.69) is 5.32 Å². The molecule has 20 heavy (non-hydrogen) atoms. The van der Waals surface area contributed by atoms with Crippen molar-refractivity contribution >= 4 is 11.6 Å². The Balaban J connectivity index is 2.30. The first kappa shape index (κ1) is 13.9. The predicted octanol–water partition coefficient (Wildman–Crippen LogP) is 2.64. The number of ether oxygens (including phenoxy) is 1. The lowest BCUT2D eigenvalue weighted by Crippen LogP contribution is -2.27. The fourth-order valence-corrected chi connectivity index (χ4v) is 2.00. The van der Waals surface area contributed by atoms with E-state index in [9.17, 15) is 4.79 Å². The van der Waals surface area contributed by atoms with Crippen LogP contribution in [0, 0.1) is 6.92 Å². The number of primary amides is 1. The highest BCUT2D eigenvalue weighted by molar-refractivity contribution is 5.85. The summed E-state index contributed by atoms with van der Waals surface area (Å²) in [6, 6.07) is 14.5. The number of benzene rings is 2. The predicted molar refractivity (Wildman–Crippen MR) is 79.7 cm³/mol. The zero-order valence-corrected chi connectivity index (χ0v) is 11.6. The highest BCUT2D eigenvalue weighted by atomic mass is 16.5. The molecule has 1 unspecified atom stereocenters. The standard InChI is InChI=1S/C16H18N2O2/c1-11-7-9-12(10-8-11)15(16(17)19)18-13-5-3-4-6-14(13)20-2/h3-10,15,18H,1-2H3,(H2,17,19). The number of nitrogens with one attached hydrogen (secondary N) is 1. The fraction of sp³-hybridized carbons (Fsp3) is 0.188. The lowest BCUT2D eigenvalue weighted by molar-refractivity contribution is -0.118. The summed E-state index contributed by atoms with van der Waals surface area (Å²) in [5.41, 5.74) is 8.20. The molecule has 0 spiro atoms. The fourth-order valence-electron chi connectivity index (χ4n) is 2.00. The minimum Gasteiger partial charge on any atom is -0.495 e. The van der Waals surface area contributed by atoms with E-state index in [-0.39, 0.29) is 0 Å². The topological polar surface area (TPSA) is 64.3 Å². The molecule has 1 amide bonds. The van der Waals surface area contributed by atoms with Crippen LogP contribution >= 0.6 is 0 Å². The normalized spacial score (nSPS) is 11.7. The van der Waals surface area contributed by atoms with Gasteiger partial charge in [-0.1, -0.05) is 42.0 Å². The van der Waals surface area contributed by atoms with Crippen molar-refractivity contribution in [1.82, 2.24) is 0 Å². The van der Waals surface area contributed by atoms with Crippen LogP contribution in [0.4, 0.5) is 5.69 Å². The summed E-state index contributed by atoms with van der Waals surface area (Å²) in [4.78, 5) is 11.7. The number of amides is 1. The molecule has 0 aliphatic heterocycles. The van der Waals surface area contributed by atoms with Crippen molar-refractivity contribution in [3.63, 3.8) is 0 Å². The second-order valence-corrected chi connectivity index (χ2v) is 4.59. The lowest BCUT2D eigenvalue weighted by atomic mass is 10.0. The molecule has 0 radical (unpaired) electrons. The summed E-state index contributed by atoms with van der Waals surface area (Å²) in [5, 5.41) is 3.13. The van der Waals surface area contributed by atoms with Crippen molar-refractivity contribution in [2.45, 2.75) is 13.0 Å². The third kappa shape index (κ3) is 3.09. The van der Waals surface area contributed by atoms with Crippen LogP contribution < -0.4 is 15.8 Å². The van der Waals surface area contributed by atoms with Crippen LogP contribution in [-0.2, 0) is 4.79 Å². The summed E-state index contributed by atoms with van der Waals surface area (Å²) >= 11 is 0. The molecule has 4 nitrogen and oxygen atoms in total. The van der Waals surface area contributed by atoms with E-state index in [1.807, 2.05) is 55.5 Å². The maximum absolute atomic E-state index is 11.7. The summed E-state index contributed by atoms with van der Waals surface area (Å²) in [7, 11) is 1.59. The van der Waals surface area contributed by atoms with Crippen LogP contribution in [0.15, 0.2) is 48.5 Å². The number of hydrogen-bond acceptors (Lipinski definition) is 3.